The van der Waals surface area contributed by atoms with Crippen LogP contribution in [-0.4, -0.2) is 40.6 Å². The van der Waals surface area contributed by atoms with Crippen LogP contribution in [0.25, 0.3) is 0 Å². The van der Waals surface area contributed by atoms with Crippen molar-refractivity contribution in [1.29, 1.82) is 10.5 Å². The van der Waals surface area contributed by atoms with E-state index in [4.69, 9.17) is 15.6 Å². The molecule has 0 unspecified atom stereocenters. The van der Waals surface area contributed by atoms with Crippen LogP contribution in [0.1, 0.15) is 22.5 Å². The molecule has 0 saturated heterocycles. The third-order valence-corrected chi connectivity index (χ3v) is 2.26. The molecule has 0 spiro atoms. The molecular formula is C14H12N4O2. The van der Waals surface area contributed by atoms with Crippen LogP contribution in [0.3, 0.4) is 0 Å². The van der Waals surface area contributed by atoms with Crippen LogP contribution < -0.4 is 0 Å². The van der Waals surface area contributed by atoms with E-state index in [0.29, 0.717) is 12.0 Å². The Morgan fingerprint density at radius 2 is 2.00 bits per heavy atom. The van der Waals surface area contributed by atoms with Crippen molar-refractivity contribution in [2.45, 2.75) is 6.42 Å². The summed E-state index contributed by atoms with van der Waals surface area (Å²) in [6.07, 6.45) is 1.81. The van der Waals surface area contributed by atoms with Gasteiger partial charge in [0, 0.05) is 18.2 Å². The van der Waals surface area contributed by atoms with Gasteiger partial charge in [0.25, 0.3) is 5.91 Å². The molecule has 0 bridgehead atoms. The molecular weight excluding hydrogens is 256 g/mol. The maximum Gasteiger partial charge on any atom is 0.274 e. The Morgan fingerprint density at radius 3 is 2.50 bits per heavy atom. The normalized spacial score (nSPS) is 8.75. The lowest BCUT2D eigenvalue weighted by Gasteiger charge is -2.14. The van der Waals surface area contributed by atoms with Crippen molar-refractivity contribution < 1.29 is 9.90 Å². The Bertz CT molecular complexity index is 583. The summed E-state index contributed by atoms with van der Waals surface area (Å²) in [5, 5.41) is 25.8. The molecule has 0 radical (unpaired) electrons. The fourth-order valence-electron chi connectivity index (χ4n) is 1.35. The standard InChI is InChI=1S/C14H12N4O2/c15-6-8-18(9-7-16)14(20)13-5-4-12(11-17-13)3-1-2-10-19/h4-5,11,19H,2,8-10H2. The molecule has 0 aromatic carbocycles. The summed E-state index contributed by atoms with van der Waals surface area (Å²) in [6.45, 7) is -0.327. The third-order valence-electron chi connectivity index (χ3n) is 2.26. The van der Waals surface area contributed by atoms with Crippen molar-refractivity contribution in [3.05, 3.63) is 29.6 Å². The first-order valence-electron chi connectivity index (χ1n) is 5.82. The number of aromatic nitrogens is 1. The molecule has 1 aromatic rings. The smallest absolute Gasteiger partial charge is 0.274 e. The molecule has 1 aromatic heterocycles. The van der Waals surface area contributed by atoms with Crippen LogP contribution in [0.2, 0.25) is 0 Å². The molecule has 1 rings (SSSR count). The van der Waals surface area contributed by atoms with Gasteiger partial charge < -0.3 is 10.0 Å². The third kappa shape index (κ3) is 4.42. The second kappa shape index (κ2) is 8.26. The van der Waals surface area contributed by atoms with Crippen LogP contribution in [0.15, 0.2) is 18.3 Å². The van der Waals surface area contributed by atoms with E-state index in [9.17, 15) is 4.79 Å². The quantitative estimate of drug-likeness (QED) is 0.625. The van der Waals surface area contributed by atoms with Crippen LogP contribution in [0.5, 0.6) is 0 Å². The van der Waals surface area contributed by atoms with E-state index in [1.807, 2.05) is 12.1 Å². The molecule has 1 heterocycles. The number of nitriles is 2. The Kier molecular flexibility index (Phi) is 6.27. The summed E-state index contributed by atoms with van der Waals surface area (Å²) < 4.78 is 0. The minimum atomic E-state index is -0.469. The Balaban J connectivity index is 2.83. The zero-order valence-corrected chi connectivity index (χ0v) is 10.7. The molecule has 20 heavy (non-hydrogen) atoms. The van der Waals surface area contributed by atoms with Crippen molar-refractivity contribution in [2.24, 2.45) is 0 Å². The second-order valence-electron chi connectivity index (χ2n) is 3.68. The van der Waals surface area contributed by atoms with Crippen LogP contribution >= 0.6 is 0 Å². The summed E-state index contributed by atoms with van der Waals surface area (Å²) in [5.41, 5.74) is 0.783. The number of nitrogens with zero attached hydrogens (tertiary/aromatic N) is 4. The van der Waals surface area contributed by atoms with Gasteiger partial charge in [-0.25, -0.2) is 4.98 Å². The van der Waals surface area contributed by atoms with Crippen molar-refractivity contribution >= 4 is 5.91 Å². The van der Waals surface area contributed by atoms with E-state index >= 15 is 0 Å². The van der Waals surface area contributed by atoms with E-state index in [1.54, 1.807) is 6.07 Å². The molecule has 1 N–H and O–H groups in total. The van der Waals surface area contributed by atoms with Crippen molar-refractivity contribution in [2.75, 3.05) is 19.7 Å². The molecule has 1 amide bonds. The van der Waals surface area contributed by atoms with Gasteiger partial charge in [0.2, 0.25) is 0 Å². The van der Waals surface area contributed by atoms with Gasteiger partial charge in [0.05, 0.1) is 18.7 Å². The van der Waals surface area contributed by atoms with E-state index < -0.39 is 5.91 Å². The van der Waals surface area contributed by atoms with Gasteiger partial charge in [-0.05, 0) is 12.1 Å². The number of aliphatic hydroxyl groups is 1. The second-order valence-corrected chi connectivity index (χ2v) is 3.68. The van der Waals surface area contributed by atoms with Gasteiger partial charge >= 0.3 is 0 Å². The Hall–Kier alpha value is -2.88. The minimum absolute atomic E-state index is 0.00568. The average molecular weight is 268 g/mol. The number of aliphatic hydroxyl groups excluding tert-OH is 1. The molecule has 6 nitrogen and oxygen atoms in total. The van der Waals surface area contributed by atoms with E-state index in [0.717, 1.165) is 4.90 Å². The number of hydrogen-bond donors (Lipinski definition) is 1. The fraction of sp³-hybridized carbons (Fsp3) is 0.286. The molecule has 100 valence electrons. The molecule has 6 heteroatoms. The predicted molar refractivity (Wildman–Crippen MR) is 69.9 cm³/mol. The number of carbonyl (C=O) groups is 1. The zero-order chi connectivity index (χ0) is 14.8. The first kappa shape index (κ1) is 15.2. The lowest BCUT2D eigenvalue weighted by Crippen LogP contribution is -2.32. The first-order valence-corrected chi connectivity index (χ1v) is 5.82. The zero-order valence-electron chi connectivity index (χ0n) is 10.7. The average Bonchev–Trinajstić information content (AvgIpc) is 2.47. The summed E-state index contributed by atoms with van der Waals surface area (Å²) in [4.78, 5) is 17.1. The van der Waals surface area contributed by atoms with E-state index in [2.05, 4.69) is 16.8 Å². The molecule has 0 aliphatic rings. The van der Waals surface area contributed by atoms with Crippen LogP contribution in [0, 0.1) is 34.5 Å². The number of amides is 1. The first-order chi connectivity index (χ1) is 9.72. The topological polar surface area (TPSA) is 101 Å². The van der Waals surface area contributed by atoms with E-state index in [-0.39, 0.29) is 25.4 Å². The Labute approximate surface area is 116 Å². The van der Waals surface area contributed by atoms with Gasteiger partial charge in [0.1, 0.15) is 18.8 Å². The highest BCUT2D eigenvalue weighted by atomic mass is 16.2. The van der Waals surface area contributed by atoms with Crippen molar-refractivity contribution in [3.8, 4) is 24.0 Å². The van der Waals surface area contributed by atoms with Gasteiger partial charge in [-0.3, -0.25) is 4.79 Å². The number of rotatable bonds is 4. The molecule has 0 saturated carbocycles. The highest BCUT2D eigenvalue weighted by Crippen LogP contribution is 2.03. The summed E-state index contributed by atoms with van der Waals surface area (Å²) in [7, 11) is 0. The molecule has 0 aliphatic heterocycles. The maximum atomic E-state index is 12.0. The van der Waals surface area contributed by atoms with Crippen molar-refractivity contribution in [3.63, 3.8) is 0 Å². The van der Waals surface area contributed by atoms with Gasteiger partial charge in [-0.15, -0.1) is 0 Å². The highest BCUT2D eigenvalue weighted by molar-refractivity contribution is 5.92. The lowest BCUT2D eigenvalue weighted by molar-refractivity contribution is 0.0789. The van der Waals surface area contributed by atoms with Crippen molar-refractivity contribution in [1.82, 2.24) is 9.88 Å². The summed E-state index contributed by atoms with van der Waals surface area (Å²) in [6, 6.07) is 6.78. The number of pyridine rings is 1. The molecule has 0 atom stereocenters. The molecule has 0 aliphatic carbocycles. The SMILES string of the molecule is N#CCN(CC#N)C(=O)c1ccc(C#CCCO)cn1. The lowest BCUT2D eigenvalue weighted by atomic mass is 10.2. The fourth-order valence-corrected chi connectivity index (χ4v) is 1.35. The highest BCUT2D eigenvalue weighted by Gasteiger charge is 2.16. The van der Waals surface area contributed by atoms with Gasteiger partial charge in [0.15, 0.2) is 0 Å². The van der Waals surface area contributed by atoms with Crippen LogP contribution in [-0.2, 0) is 0 Å². The number of hydrogen-bond acceptors (Lipinski definition) is 5. The van der Waals surface area contributed by atoms with E-state index in [1.165, 1.54) is 12.3 Å². The maximum absolute atomic E-state index is 12.0. The number of carbonyl (C=O) groups excluding carboxylic acids is 1. The largest absolute Gasteiger partial charge is 0.395 e. The molecule has 0 fully saturated rings. The Morgan fingerprint density at radius 1 is 1.30 bits per heavy atom. The summed E-state index contributed by atoms with van der Waals surface area (Å²) >= 11 is 0. The van der Waals surface area contributed by atoms with Gasteiger partial charge in [-0.2, -0.15) is 10.5 Å². The summed E-state index contributed by atoms with van der Waals surface area (Å²) in [5.74, 6) is 5.06. The van der Waals surface area contributed by atoms with Crippen LogP contribution in [0.4, 0.5) is 0 Å². The predicted octanol–water partition coefficient (Wildman–Crippen LogP) is 0.305. The monoisotopic (exact) mass is 268 g/mol. The minimum Gasteiger partial charge on any atom is -0.395 e. The van der Waals surface area contributed by atoms with Gasteiger partial charge in [-0.1, -0.05) is 11.8 Å².